The highest BCUT2D eigenvalue weighted by atomic mass is 16.5. The van der Waals surface area contributed by atoms with E-state index in [1.54, 1.807) is 0 Å². The Morgan fingerprint density at radius 3 is 3.05 bits per heavy atom. The molecule has 4 nitrogen and oxygen atoms in total. The molecule has 0 aliphatic heterocycles. The summed E-state index contributed by atoms with van der Waals surface area (Å²) in [4.78, 5) is 11.9. The van der Waals surface area contributed by atoms with Crippen LogP contribution in [0.2, 0.25) is 0 Å². The van der Waals surface area contributed by atoms with Crippen LogP contribution in [0.15, 0.2) is 24.3 Å². The fraction of sp³-hybridized carbons (Fsp3) is 0.588. The molecule has 2 rings (SSSR count). The van der Waals surface area contributed by atoms with Crippen molar-refractivity contribution >= 4 is 11.6 Å². The summed E-state index contributed by atoms with van der Waals surface area (Å²) in [5, 5.41) is 2.89. The normalized spacial score (nSPS) is 22.0. The minimum atomic E-state index is -0.00645. The maximum Gasteiger partial charge on any atom is 0.226 e. The van der Waals surface area contributed by atoms with Crippen LogP contribution in [-0.2, 0) is 16.1 Å². The number of nitrogens with two attached hydrogens (primary N) is 1. The molecule has 3 N–H and O–H groups in total. The number of carbonyl (C=O) groups is 1. The summed E-state index contributed by atoms with van der Waals surface area (Å²) >= 11 is 0. The van der Waals surface area contributed by atoms with Gasteiger partial charge in [-0.05, 0) is 36.5 Å². The van der Waals surface area contributed by atoms with E-state index >= 15 is 0 Å². The minimum absolute atomic E-state index is 0.00645. The molecule has 1 fully saturated rings. The van der Waals surface area contributed by atoms with E-state index in [1.165, 1.54) is 12.8 Å². The van der Waals surface area contributed by atoms with Gasteiger partial charge in [-0.25, -0.2) is 0 Å². The highest BCUT2D eigenvalue weighted by molar-refractivity contribution is 5.90. The van der Waals surface area contributed by atoms with Crippen molar-refractivity contribution in [2.45, 2.75) is 51.7 Å². The molecule has 116 valence electrons. The van der Waals surface area contributed by atoms with E-state index in [1.807, 2.05) is 24.3 Å². The van der Waals surface area contributed by atoms with Gasteiger partial charge in [-0.1, -0.05) is 31.9 Å². The number of nitrogens with one attached hydrogen (secondary N) is 1. The SMILES string of the molecule is CC1CCCC(OCCC(=O)Nc2cccc(CN)c2)C1. The molecule has 1 amide bonds. The summed E-state index contributed by atoms with van der Waals surface area (Å²) < 4.78 is 5.83. The average molecular weight is 290 g/mol. The fourth-order valence-electron chi connectivity index (χ4n) is 2.85. The largest absolute Gasteiger partial charge is 0.378 e. The van der Waals surface area contributed by atoms with Crippen LogP contribution >= 0.6 is 0 Å². The van der Waals surface area contributed by atoms with E-state index in [0.29, 0.717) is 25.7 Å². The first-order valence-electron chi connectivity index (χ1n) is 7.88. The van der Waals surface area contributed by atoms with E-state index in [0.717, 1.165) is 30.0 Å². The Labute approximate surface area is 127 Å². The Kier molecular flexibility index (Phi) is 6.21. The molecule has 4 heteroatoms. The summed E-state index contributed by atoms with van der Waals surface area (Å²) in [5.41, 5.74) is 7.41. The van der Waals surface area contributed by atoms with Gasteiger partial charge >= 0.3 is 0 Å². The zero-order valence-electron chi connectivity index (χ0n) is 12.8. The quantitative estimate of drug-likeness (QED) is 0.846. The lowest BCUT2D eigenvalue weighted by Gasteiger charge is -2.26. The van der Waals surface area contributed by atoms with E-state index in [2.05, 4.69) is 12.2 Å². The zero-order chi connectivity index (χ0) is 15.1. The second-order valence-electron chi connectivity index (χ2n) is 5.97. The lowest BCUT2D eigenvalue weighted by Crippen LogP contribution is -2.23. The Morgan fingerprint density at radius 1 is 1.43 bits per heavy atom. The van der Waals surface area contributed by atoms with Crippen LogP contribution in [0.3, 0.4) is 0 Å². The van der Waals surface area contributed by atoms with Crippen LogP contribution in [-0.4, -0.2) is 18.6 Å². The molecular weight excluding hydrogens is 264 g/mol. The van der Waals surface area contributed by atoms with Gasteiger partial charge in [0.1, 0.15) is 0 Å². The number of anilines is 1. The molecule has 0 saturated heterocycles. The molecular formula is C17H26N2O2. The molecule has 2 atom stereocenters. The van der Waals surface area contributed by atoms with E-state index < -0.39 is 0 Å². The number of hydrogen-bond donors (Lipinski definition) is 2. The van der Waals surface area contributed by atoms with Crippen LogP contribution < -0.4 is 11.1 Å². The average Bonchev–Trinajstić information content (AvgIpc) is 2.47. The van der Waals surface area contributed by atoms with E-state index in [9.17, 15) is 4.79 Å². The fourth-order valence-corrected chi connectivity index (χ4v) is 2.85. The maximum absolute atomic E-state index is 11.9. The highest BCUT2D eigenvalue weighted by Gasteiger charge is 2.19. The Morgan fingerprint density at radius 2 is 2.29 bits per heavy atom. The second-order valence-corrected chi connectivity index (χ2v) is 5.97. The van der Waals surface area contributed by atoms with Crippen LogP contribution in [0.5, 0.6) is 0 Å². The number of ether oxygens (including phenoxy) is 1. The highest BCUT2D eigenvalue weighted by Crippen LogP contribution is 2.25. The van der Waals surface area contributed by atoms with Crippen molar-refractivity contribution in [2.24, 2.45) is 11.7 Å². The first-order valence-corrected chi connectivity index (χ1v) is 7.88. The smallest absolute Gasteiger partial charge is 0.226 e. The molecule has 21 heavy (non-hydrogen) atoms. The first kappa shape index (κ1) is 16.0. The third-order valence-electron chi connectivity index (χ3n) is 4.02. The van der Waals surface area contributed by atoms with Crippen molar-refractivity contribution < 1.29 is 9.53 Å². The molecule has 1 aromatic rings. The summed E-state index contributed by atoms with van der Waals surface area (Å²) in [7, 11) is 0. The van der Waals surface area contributed by atoms with Gasteiger partial charge in [0.15, 0.2) is 0 Å². The summed E-state index contributed by atoms with van der Waals surface area (Å²) in [6.07, 6.45) is 5.53. The Balaban J connectivity index is 1.69. The molecule has 1 saturated carbocycles. The van der Waals surface area contributed by atoms with Gasteiger partial charge in [-0.15, -0.1) is 0 Å². The number of benzene rings is 1. The van der Waals surface area contributed by atoms with Crippen LogP contribution in [0, 0.1) is 5.92 Å². The molecule has 2 unspecified atom stereocenters. The van der Waals surface area contributed by atoms with Crippen LogP contribution in [0.4, 0.5) is 5.69 Å². The van der Waals surface area contributed by atoms with Crippen molar-refractivity contribution in [1.82, 2.24) is 0 Å². The lowest BCUT2D eigenvalue weighted by atomic mass is 9.89. The van der Waals surface area contributed by atoms with Gasteiger partial charge in [-0.3, -0.25) is 4.79 Å². The maximum atomic E-state index is 11.9. The van der Waals surface area contributed by atoms with Crippen LogP contribution in [0.1, 0.15) is 44.6 Å². The molecule has 0 bridgehead atoms. The third-order valence-corrected chi connectivity index (χ3v) is 4.02. The molecule has 1 aliphatic rings. The Hall–Kier alpha value is -1.39. The monoisotopic (exact) mass is 290 g/mol. The van der Waals surface area contributed by atoms with Gasteiger partial charge in [0.2, 0.25) is 5.91 Å². The van der Waals surface area contributed by atoms with E-state index in [-0.39, 0.29) is 5.91 Å². The number of rotatable bonds is 6. The number of hydrogen-bond acceptors (Lipinski definition) is 3. The minimum Gasteiger partial charge on any atom is -0.378 e. The molecule has 0 aromatic heterocycles. The predicted octanol–water partition coefficient (Wildman–Crippen LogP) is 3.07. The van der Waals surface area contributed by atoms with E-state index in [4.69, 9.17) is 10.5 Å². The molecule has 0 spiro atoms. The van der Waals surface area contributed by atoms with Crippen molar-refractivity contribution in [3.63, 3.8) is 0 Å². The first-order chi connectivity index (χ1) is 10.2. The van der Waals surface area contributed by atoms with Gasteiger partial charge in [0.05, 0.1) is 19.1 Å². The van der Waals surface area contributed by atoms with Gasteiger partial charge < -0.3 is 15.8 Å². The predicted molar refractivity (Wildman–Crippen MR) is 85.0 cm³/mol. The number of carbonyl (C=O) groups excluding carboxylic acids is 1. The molecule has 1 aromatic carbocycles. The summed E-state index contributed by atoms with van der Waals surface area (Å²) in [6.45, 7) is 3.25. The summed E-state index contributed by atoms with van der Waals surface area (Å²) in [5.74, 6) is 0.740. The third kappa shape index (κ3) is 5.48. The molecule has 0 radical (unpaired) electrons. The van der Waals surface area contributed by atoms with Crippen molar-refractivity contribution in [3.8, 4) is 0 Å². The number of amides is 1. The summed E-state index contributed by atoms with van der Waals surface area (Å²) in [6, 6.07) is 7.63. The zero-order valence-corrected chi connectivity index (χ0v) is 12.8. The van der Waals surface area contributed by atoms with Crippen LogP contribution in [0.25, 0.3) is 0 Å². The Bertz CT molecular complexity index is 462. The van der Waals surface area contributed by atoms with Crippen molar-refractivity contribution in [3.05, 3.63) is 29.8 Å². The van der Waals surface area contributed by atoms with Crippen molar-refractivity contribution in [2.75, 3.05) is 11.9 Å². The van der Waals surface area contributed by atoms with Gasteiger partial charge in [0.25, 0.3) is 0 Å². The molecule has 1 aliphatic carbocycles. The topological polar surface area (TPSA) is 64.3 Å². The van der Waals surface area contributed by atoms with Gasteiger partial charge in [-0.2, -0.15) is 0 Å². The molecule has 0 heterocycles. The van der Waals surface area contributed by atoms with Gasteiger partial charge in [0, 0.05) is 12.2 Å². The lowest BCUT2D eigenvalue weighted by molar-refractivity contribution is -0.117. The second kappa shape index (κ2) is 8.15. The van der Waals surface area contributed by atoms with Crippen molar-refractivity contribution in [1.29, 1.82) is 0 Å². The standard InChI is InChI=1S/C17H26N2O2/c1-13-4-2-7-16(10-13)21-9-8-17(20)19-15-6-3-5-14(11-15)12-18/h3,5-6,11,13,16H,2,4,7-10,12,18H2,1H3,(H,19,20).